The lowest BCUT2D eigenvalue weighted by Gasteiger charge is -2.19. The van der Waals surface area contributed by atoms with Gasteiger partial charge in [-0.05, 0) is 6.07 Å². The second-order valence-corrected chi connectivity index (χ2v) is 5.05. The van der Waals surface area contributed by atoms with E-state index >= 15 is 0 Å². The molecule has 1 aliphatic heterocycles. The van der Waals surface area contributed by atoms with Gasteiger partial charge in [-0.3, -0.25) is 14.4 Å². The molecular formula is C13H14N2O7. The summed E-state index contributed by atoms with van der Waals surface area (Å²) in [6.07, 6.45) is -0.408. The summed E-state index contributed by atoms with van der Waals surface area (Å²) in [5.41, 5.74) is -0.773. The van der Waals surface area contributed by atoms with Gasteiger partial charge in [-0.15, -0.1) is 0 Å². The van der Waals surface area contributed by atoms with Gasteiger partial charge < -0.3 is 25.6 Å². The molecule has 9 nitrogen and oxygen atoms in total. The predicted molar refractivity (Wildman–Crippen MR) is 71.9 cm³/mol. The molecule has 0 spiro atoms. The van der Waals surface area contributed by atoms with Crippen LogP contribution in [0, 0.1) is 5.92 Å². The smallest absolute Gasteiger partial charge is 0.352 e. The average molecular weight is 310 g/mol. The molecule has 1 aromatic heterocycles. The number of hydrogen-bond donors (Lipinski definition) is 5. The van der Waals surface area contributed by atoms with E-state index in [2.05, 4.69) is 10.3 Å². The zero-order valence-corrected chi connectivity index (χ0v) is 11.3. The van der Waals surface area contributed by atoms with Gasteiger partial charge in [-0.25, -0.2) is 4.79 Å². The highest BCUT2D eigenvalue weighted by Gasteiger charge is 2.42. The lowest BCUT2D eigenvalue weighted by Crippen LogP contribution is -2.37. The molecule has 9 heteroatoms. The van der Waals surface area contributed by atoms with Gasteiger partial charge in [0.25, 0.3) is 5.56 Å². The van der Waals surface area contributed by atoms with Crippen LogP contribution in [0.1, 0.15) is 28.4 Å². The first kappa shape index (κ1) is 15.7. The molecule has 1 fully saturated rings. The molecule has 0 saturated carbocycles. The SMILES string of the molecule is O=C(O)CC1C(C(=O)O)NCC1c1ccc(C(=O)O)[nH]c1=O. The second kappa shape index (κ2) is 5.98. The van der Waals surface area contributed by atoms with Crippen molar-refractivity contribution in [1.82, 2.24) is 10.3 Å². The normalized spacial score (nSPS) is 24.1. The Bertz CT molecular complexity index is 681. The molecule has 5 N–H and O–H groups in total. The quantitative estimate of drug-likeness (QED) is 0.478. The maximum atomic E-state index is 12.0. The number of aromatic amines is 1. The molecule has 0 bridgehead atoms. The third-order valence-electron chi connectivity index (χ3n) is 3.75. The van der Waals surface area contributed by atoms with Gasteiger partial charge in [0, 0.05) is 23.9 Å². The third kappa shape index (κ3) is 2.98. The Morgan fingerprint density at radius 2 is 1.86 bits per heavy atom. The largest absolute Gasteiger partial charge is 0.481 e. The molecule has 0 radical (unpaired) electrons. The number of carboxylic acids is 3. The van der Waals surface area contributed by atoms with E-state index in [1.54, 1.807) is 0 Å². The number of rotatable bonds is 5. The second-order valence-electron chi connectivity index (χ2n) is 5.05. The van der Waals surface area contributed by atoms with Crippen molar-refractivity contribution in [2.24, 2.45) is 5.92 Å². The Morgan fingerprint density at radius 1 is 1.18 bits per heavy atom. The number of pyridine rings is 1. The molecule has 1 saturated heterocycles. The summed E-state index contributed by atoms with van der Waals surface area (Å²) in [5.74, 6) is -5.06. The van der Waals surface area contributed by atoms with Crippen LogP contribution in [-0.2, 0) is 9.59 Å². The zero-order valence-electron chi connectivity index (χ0n) is 11.3. The van der Waals surface area contributed by atoms with Crippen LogP contribution < -0.4 is 10.9 Å². The van der Waals surface area contributed by atoms with E-state index in [4.69, 9.17) is 15.3 Å². The summed E-state index contributed by atoms with van der Waals surface area (Å²) in [5, 5.41) is 29.6. The Labute approximate surface area is 123 Å². The number of H-pyrrole nitrogens is 1. The fraction of sp³-hybridized carbons (Fsp3) is 0.385. The van der Waals surface area contributed by atoms with Crippen molar-refractivity contribution in [2.45, 2.75) is 18.4 Å². The van der Waals surface area contributed by atoms with E-state index in [1.165, 1.54) is 12.1 Å². The molecule has 3 unspecified atom stereocenters. The highest BCUT2D eigenvalue weighted by atomic mass is 16.4. The number of carbonyl (C=O) groups is 3. The van der Waals surface area contributed by atoms with Crippen LogP contribution >= 0.6 is 0 Å². The summed E-state index contributed by atoms with van der Waals surface area (Å²) in [6, 6.07) is 1.43. The van der Waals surface area contributed by atoms with Gasteiger partial charge in [0.05, 0.1) is 6.42 Å². The van der Waals surface area contributed by atoms with E-state index in [9.17, 15) is 19.2 Å². The lowest BCUT2D eigenvalue weighted by molar-refractivity contribution is -0.142. The molecule has 118 valence electrons. The first-order valence-electron chi connectivity index (χ1n) is 6.45. The fourth-order valence-electron chi connectivity index (χ4n) is 2.76. The van der Waals surface area contributed by atoms with Crippen LogP contribution in [0.25, 0.3) is 0 Å². The van der Waals surface area contributed by atoms with Crippen molar-refractivity contribution in [2.75, 3.05) is 6.54 Å². The van der Waals surface area contributed by atoms with Crippen LogP contribution in [0.4, 0.5) is 0 Å². The molecule has 22 heavy (non-hydrogen) atoms. The molecular weight excluding hydrogens is 296 g/mol. The molecule has 2 rings (SSSR count). The Morgan fingerprint density at radius 3 is 2.36 bits per heavy atom. The number of nitrogens with one attached hydrogen (secondary N) is 2. The highest BCUT2D eigenvalue weighted by Crippen LogP contribution is 2.33. The summed E-state index contributed by atoms with van der Waals surface area (Å²) in [4.78, 5) is 47.1. The van der Waals surface area contributed by atoms with E-state index in [0.29, 0.717) is 0 Å². The van der Waals surface area contributed by atoms with Gasteiger partial charge in [-0.2, -0.15) is 0 Å². The molecule has 0 amide bonds. The van der Waals surface area contributed by atoms with E-state index in [1.807, 2.05) is 0 Å². The van der Waals surface area contributed by atoms with E-state index < -0.39 is 47.8 Å². The maximum absolute atomic E-state index is 12.0. The van der Waals surface area contributed by atoms with E-state index in [0.717, 1.165) is 0 Å². The number of aromatic nitrogens is 1. The molecule has 0 aliphatic carbocycles. The van der Waals surface area contributed by atoms with Crippen LogP contribution in [0.2, 0.25) is 0 Å². The Balaban J connectivity index is 2.38. The molecule has 1 aliphatic rings. The van der Waals surface area contributed by atoms with Crippen LogP contribution in [0.5, 0.6) is 0 Å². The number of hydrogen-bond acceptors (Lipinski definition) is 5. The van der Waals surface area contributed by atoms with Crippen molar-refractivity contribution >= 4 is 17.9 Å². The van der Waals surface area contributed by atoms with Crippen LogP contribution in [0.3, 0.4) is 0 Å². The minimum Gasteiger partial charge on any atom is -0.481 e. The van der Waals surface area contributed by atoms with Crippen LogP contribution in [-0.4, -0.2) is 50.8 Å². The topological polar surface area (TPSA) is 157 Å². The Kier molecular flexibility index (Phi) is 4.27. The van der Waals surface area contributed by atoms with Gasteiger partial charge in [-0.1, -0.05) is 6.07 Å². The molecule has 0 aromatic carbocycles. The molecule has 3 atom stereocenters. The highest BCUT2D eigenvalue weighted by molar-refractivity contribution is 5.85. The summed E-state index contributed by atoms with van der Waals surface area (Å²) in [6.45, 7) is 0.129. The summed E-state index contributed by atoms with van der Waals surface area (Å²) < 4.78 is 0. The average Bonchev–Trinajstić information content (AvgIpc) is 2.81. The van der Waals surface area contributed by atoms with E-state index in [-0.39, 0.29) is 17.8 Å². The fourth-order valence-corrected chi connectivity index (χ4v) is 2.76. The van der Waals surface area contributed by atoms with Gasteiger partial charge in [0.15, 0.2) is 0 Å². The molecule has 1 aromatic rings. The van der Waals surface area contributed by atoms with Crippen molar-refractivity contribution in [3.63, 3.8) is 0 Å². The monoisotopic (exact) mass is 310 g/mol. The van der Waals surface area contributed by atoms with Crippen molar-refractivity contribution in [1.29, 1.82) is 0 Å². The number of aromatic carboxylic acids is 1. The summed E-state index contributed by atoms with van der Waals surface area (Å²) in [7, 11) is 0. The third-order valence-corrected chi connectivity index (χ3v) is 3.75. The number of carboxylic acid groups (broad SMARTS) is 3. The van der Waals surface area contributed by atoms with Crippen molar-refractivity contribution in [3.05, 3.63) is 33.7 Å². The first-order chi connectivity index (χ1) is 10.3. The predicted octanol–water partition coefficient (Wildman–Crippen LogP) is -0.696. The van der Waals surface area contributed by atoms with Gasteiger partial charge in [0.2, 0.25) is 0 Å². The van der Waals surface area contributed by atoms with Gasteiger partial charge >= 0.3 is 17.9 Å². The zero-order chi connectivity index (χ0) is 16.4. The van der Waals surface area contributed by atoms with Crippen molar-refractivity contribution < 1.29 is 29.7 Å². The first-order valence-corrected chi connectivity index (χ1v) is 6.45. The number of aliphatic carboxylic acids is 2. The summed E-state index contributed by atoms with van der Waals surface area (Å²) >= 11 is 0. The van der Waals surface area contributed by atoms with Crippen molar-refractivity contribution in [3.8, 4) is 0 Å². The minimum absolute atomic E-state index is 0.129. The minimum atomic E-state index is -1.29. The van der Waals surface area contributed by atoms with Gasteiger partial charge in [0.1, 0.15) is 11.7 Å². The standard InChI is InChI=1S/C13H14N2O7/c16-9(17)3-6-7(4-14-10(6)13(21)22)5-1-2-8(12(19)20)15-11(5)18/h1-2,6-7,10,14H,3-4H2,(H,15,18)(H,16,17)(H,19,20)(H,21,22). The van der Waals surface area contributed by atoms with Crippen LogP contribution in [0.15, 0.2) is 16.9 Å². The lowest BCUT2D eigenvalue weighted by atomic mass is 9.83. The maximum Gasteiger partial charge on any atom is 0.352 e. The Hall–Kier alpha value is -2.68. The molecule has 2 heterocycles.